The average molecular weight is 597 g/mol. The number of carbonyl (C=O) groups is 2. The second kappa shape index (κ2) is 9.53. The van der Waals surface area contributed by atoms with Gasteiger partial charge in [0, 0.05) is 30.2 Å². The number of fused-ring (bicyclic) bond motifs is 2. The molecular formula is C27H19F3N6O5S. The number of carbonyl (C=O) groups excluding carboxylic acids is 2. The quantitative estimate of drug-likeness (QED) is 0.312. The SMILES string of the molecule is Nc1noc2ccc(-n3nc(C(F)(F)F)cc3C(=O)N3CCC(=O)c4cc(-c5ccccc5S(N)(=O)=O)ccc43)cc12. The van der Waals surface area contributed by atoms with Crippen molar-refractivity contribution in [2.75, 3.05) is 17.2 Å². The van der Waals surface area contributed by atoms with Gasteiger partial charge >= 0.3 is 6.18 Å². The number of primary sulfonamides is 1. The first-order valence-corrected chi connectivity index (χ1v) is 13.8. The molecule has 1 amide bonds. The standard InChI is InChI=1S/C27H19F3N6O5S/c28-27(29,30)24-13-20(36(33-24)15-6-8-22-18(12-15)25(31)34-41-22)26(38)35-10-9-21(37)17-11-14(5-7-19(17)35)16-3-1-2-4-23(16)42(32,39)40/h1-8,11-13H,9-10H2,(H2,31,34)(H2,32,39,40). The number of amides is 1. The highest BCUT2D eigenvalue weighted by molar-refractivity contribution is 7.89. The Bertz CT molecular complexity index is 2030. The van der Waals surface area contributed by atoms with Crippen LogP contribution < -0.4 is 15.8 Å². The Kier molecular flexibility index (Phi) is 6.16. The van der Waals surface area contributed by atoms with Crippen LogP contribution in [0.15, 0.2) is 76.1 Å². The molecular weight excluding hydrogens is 577 g/mol. The van der Waals surface area contributed by atoms with Gasteiger partial charge in [-0.1, -0.05) is 29.4 Å². The number of sulfonamides is 1. The van der Waals surface area contributed by atoms with Crippen LogP contribution in [0.2, 0.25) is 0 Å². The number of benzene rings is 3. The maximum absolute atomic E-state index is 13.9. The van der Waals surface area contributed by atoms with Crippen molar-refractivity contribution in [3.63, 3.8) is 0 Å². The van der Waals surface area contributed by atoms with Gasteiger partial charge in [0.05, 0.1) is 21.7 Å². The third-order valence-corrected chi connectivity index (χ3v) is 7.81. The number of rotatable bonds is 4. The molecule has 42 heavy (non-hydrogen) atoms. The van der Waals surface area contributed by atoms with Gasteiger partial charge in [0.15, 0.2) is 22.9 Å². The van der Waals surface area contributed by atoms with E-state index in [9.17, 15) is 31.2 Å². The van der Waals surface area contributed by atoms with Crippen molar-refractivity contribution >= 4 is 44.2 Å². The normalized spacial score (nSPS) is 13.9. The first-order valence-electron chi connectivity index (χ1n) is 12.3. The first-order chi connectivity index (χ1) is 19.8. The minimum atomic E-state index is -4.86. The number of nitrogens with two attached hydrogens (primary N) is 2. The Morgan fingerprint density at radius 1 is 1.00 bits per heavy atom. The Labute approximate surface area is 235 Å². The topological polar surface area (TPSA) is 167 Å². The number of nitrogens with zero attached hydrogens (tertiary/aromatic N) is 4. The molecule has 0 spiro atoms. The van der Waals surface area contributed by atoms with Crippen LogP contribution in [0.25, 0.3) is 27.8 Å². The molecule has 1 aliphatic rings. The van der Waals surface area contributed by atoms with E-state index >= 15 is 0 Å². The van der Waals surface area contributed by atoms with Gasteiger partial charge in [0.1, 0.15) is 5.69 Å². The summed E-state index contributed by atoms with van der Waals surface area (Å²) >= 11 is 0. The predicted molar refractivity (Wildman–Crippen MR) is 144 cm³/mol. The summed E-state index contributed by atoms with van der Waals surface area (Å²) < 4.78 is 71.4. The van der Waals surface area contributed by atoms with E-state index in [4.69, 9.17) is 15.4 Å². The van der Waals surface area contributed by atoms with Crippen molar-refractivity contribution < 1.29 is 35.7 Å². The van der Waals surface area contributed by atoms with E-state index in [1.165, 1.54) is 59.5 Å². The minimum absolute atomic E-state index is 0.00575. The fourth-order valence-electron chi connectivity index (χ4n) is 4.88. The molecule has 6 rings (SSSR count). The molecule has 0 fully saturated rings. The second-order valence-electron chi connectivity index (χ2n) is 9.48. The first kappa shape index (κ1) is 27.2. The maximum Gasteiger partial charge on any atom is 0.435 e. The lowest BCUT2D eigenvalue weighted by atomic mass is 9.95. The number of nitrogen functional groups attached to an aromatic ring is 1. The van der Waals surface area contributed by atoms with Crippen LogP contribution >= 0.6 is 0 Å². The van der Waals surface area contributed by atoms with Crippen molar-refractivity contribution in [3.05, 3.63) is 83.7 Å². The van der Waals surface area contributed by atoms with Gasteiger partial charge in [0.25, 0.3) is 5.91 Å². The van der Waals surface area contributed by atoms with Crippen molar-refractivity contribution in [3.8, 4) is 16.8 Å². The molecule has 0 aliphatic carbocycles. The van der Waals surface area contributed by atoms with Gasteiger partial charge < -0.3 is 15.2 Å². The number of hydrogen-bond acceptors (Lipinski definition) is 8. The molecule has 0 saturated carbocycles. The average Bonchev–Trinajstić information content (AvgIpc) is 3.57. The molecule has 2 aromatic heterocycles. The minimum Gasteiger partial charge on any atom is -0.380 e. The monoisotopic (exact) mass is 596 g/mol. The fraction of sp³-hybridized carbons (Fsp3) is 0.111. The van der Waals surface area contributed by atoms with Crippen LogP contribution in [0.3, 0.4) is 0 Å². The highest BCUT2D eigenvalue weighted by Crippen LogP contribution is 2.36. The lowest BCUT2D eigenvalue weighted by molar-refractivity contribution is -0.141. The van der Waals surface area contributed by atoms with Gasteiger partial charge in [-0.2, -0.15) is 18.3 Å². The summed E-state index contributed by atoms with van der Waals surface area (Å²) in [5.74, 6) is -1.17. The molecule has 0 unspecified atom stereocenters. The van der Waals surface area contributed by atoms with Gasteiger partial charge in [-0.15, -0.1) is 0 Å². The van der Waals surface area contributed by atoms with E-state index in [1.54, 1.807) is 6.07 Å². The van der Waals surface area contributed by atoms with E-state index < -0.39 is 33.5 Å². The van der Waals surface area contributed by atoms with Crippen LogP contribution in [-0.2, 0) is 16.2 Å². The molecule has 4 N–H and O–H groups in total. The molecule has 214 valence electrons. The summed E-state index contributed by atoms with van der Waals surface area (Å²) in [4.78, 5) is 27.8. The predicted octanol–water partition coefficient (Wildman–Crippen LogP) is 4.16. The van der Waals surface area contributed by atoms with E-state index in [2.05, 4.69) is 10.3 Å². The van der Waals surface area contributed by atoms with Crippen molar-refractivity contribution in [1.82, 2.24) is 14.9 Å². The molecule has 0 atom stereocenters. The molecule has 0 saturated heterocycles. The number of aromatic nitrogens is 3. The Morgan fingerprint density at radius 3 is 2.50 bits per heavy atom. The van der Waals surface area contributed by atoms with Gasteiger partial charge in [-0.25, -0.2) is 18.2 Å². The van der Waals surface area contributed by atoms with E-state index in [-0.39, 0.29) is 57.5 Å². The number of Topliss-reactive ketones (excluding diaryl/α,β-unsaturated/α-hetero) is 1. The number of ketones is 1. The zero-order valence-electron chi connectivity index (χ0n) is 21.3. The van der Waals surface area contributed by atoms with E-state index in [1.807, 2.05) is 0 Å². The summed E-state index contributed by atoms with van der Waals surface area (Å²) in [5.41, 5.74) is 5.31. The van der Waals surface area contributed by atoms with Crippen LogP contribution in [0.5, 0.6) is 0 Å². The Hall–Kier alpha value is -5.02. The van der Waals surface area contributed by atoms with E-state index in [0.717, 1.165) is 4.68 Å². The van der Waals surface area contributed by atoms with Crippen molar-refractivity contribution in [1.29, 1.82) is 0 Å². The molecule has 3 heterocycles. The lowest BCUT2D eigenvalue weighted by Crippen LogP contribution is -2.38. The van der Waals surface area contributed by atoms with Crippen LogP contribution in [0, 0.1) is 0 Å². The molecule has 11 nitrogen and oxygen atoms in total. The molecule has 0 bridgehead atoms. The largest absolute Gasteiger partial charge is 0.435 e. The Balaban J connectivity index is 1.46. The Morgan fingerprint density at radius 2 is 1.76 bits per heavy atom. The highest BCUT2D eigenvalue weighted by Gasteiger charge is 2.38. The fourth-order valence-corrected chi connectivity index (χ4v) is 5.64. The molecule has 1 aliphatic heterocycles. The maximum atomic E-state index is 13.9. The zero-order valence-corrected chi connectivity index (χ0v) is 22.1. The number of alkyl halides is 3. The van der Waals surface area contributed by atoms with Crippen LogP contribution in [0.4, 0.5) is 24.7 Å². The molecule has 5 aromatic rings. The van der Waals surface area contributed by atoms with E-state index in [0.29, 0.717) is 17.0 Å². The summed E-state index contributed by atoms with van der Waals surface area (Å²) in [5, 5.41) is 13.0. The lowest BCUT2D eigenvalue weighted by Gasteiger charge is -2.29. The third-order valence-electron chi connectivity index (χ3n) is 6.84. The van der Waals surface area contributed by atoms with Gasteiger partial charge in [0.2, 0.25) is 10.0 Å². The second-order valence-corrected chi connectivity index (χ2v) is 11.0. The molecule has 0 radical (unpaired) electrons. The third kappa shape index (κ3) is 4.57. The smallest absolute Gasteiger partial charge is 0.380 e. The van der Waals surface area contributed by atoms with Crippen molar-refractivity contribution in [2.24, 2.45) is 5.14 Å². The highest BCUT2D eigenvalue weighted by atomic mass is 32.2. The van der Waals surface area contributed by atoms with Gasteiger partial charge in [-0.3, -0.25) is 9.59 Å². The summed E-state index contributed by atoms with van der Waals surface area (Å²) in [6, 6.07) is 15.2. The molecule has 3 aromatic carbocycles. The summed E-state index contributed by atoms with van der Waals surface area (Å²) in [6.07, 6.45) is -4.98. The number of anilines is 2. The summed E-state index contributed by atoms with van der Waals surface area (Å²) in [6.45, 7) is -0.109. The van der Waals surface area contributed by atoms with Crippen LogP contribution in [0.1, 0.15) is 33.0 Å². The van der Waals surface area contributed by atoms with Crippen molar-refractivity contribution in [2.45, 2.75) is 17.5 Å². The number of hydrogen-bond donors (Lipinski definition) is 2. The van der Waals surface area contributed by atoms with Crippen LogP contribution in [-0.4, -0.2) is 41.6 Å². The molecule has 15 heteroatoms. The van der Waals surface area contributed by atoms with Gasteiger partial charge in [-0.05, 0) is 42.0 Å². The summed E-state index contributed by atoms with van der Waals surface area (Å²) in [7, 11) is -4.10. The number of halogens is 3. The zero-order chi connectivity index (χ0) is 30.0.